The molecule has 3 rings (SSSR count). The maximum absolute atomic E-state index is 11.9. The Bertz CT molecular complexity index is 585. The molecule has 0 aliphatic heterocycles. The predicted molar refractivity (Wildman–Crippen MR) is 68.7 cm³/mol. The van der Waals surface area contributed by atoms with Gasteiger partial charge in [0.25, 0.3) is 0 Å². The Labute approximate surface area is 105 Å². The van der Waals surface area contributed by atoms with Crippen LogP contribution >= 0.6 is 0 Å². The zero-order valence-corrected chi connectivity index (χ0v) is 10.1. The third-order valence-corrected chi connectivity index (χ3v) is 3.66. The molecule has 1 heterocycles. The van der Waals surface area contributed by atoms with Gasteiger partial charge in [-0.25, -0.2) is 4.98 Å². The summed E-state index contributed by atoms with van der Waals surface area (Å²) in [6.45, 7) is 0.980. The van der Waals surface area contributed by atoms with Crippen molar-refractivity contribution in [3.8, 4) is 0 Å². The first kappa shape index (κ1) is 11.2. The van der Waals surface area contributed by atoms with Crippen LogP contribution in [0.25, 0.3) is 11.0 Å². The Morgan fingerprint density at radius 2 is 2.33 bits per heavy atom. The molecule has 1 aliphatic rings. The molecule has 5 nitrogen and oxygen atoms in total. The van der Waals surface area contributed by atoms with E-state index in [4.69, 9.17) is 5.73 Å². The molecule has 1 fully saturated rings. The number of hydrogen-bond donors (Lipinski definition) is 3. The lowest BCUT2D eigenvalue weighted by Crippen LogP contribution is -2.36. The maximum Gasteiger partial charge on any atom is 0.227 e. The van der Waals surface area contributed by atoms with Crippen molar-refractivity contribution in [2.75, 3.05) is 6.54 Å². The number of aromatic nitrogens is 2. The molecule has 0 unspecified atom stereocenters. The minimum atomic E-state index is -0.280. The fourth-order valence-corrected chi connectivity index (χ4v) is 2.14. The summed E-state index contributed by atoms with van der Waals surface area (Å²) >= 11 is 0. The van der Waals surface area contributed by atoms with Crippen molar-refractivity contribution in [1.82, 2.24) is 15.3 Å². The van der Waals surface area contributed by atoms with Gasteiger partial charge in [-0.05, 0) is 30.5 Å². The number of fused-ring (bicyclic) bond motifs is 1. The first-order valence-electron chi connectivity index (χ1n) is 6.14. The summed E-state index contributed by atoms with van der Waals surface area (Å²) < 4.78 is 0. The van der Waals surface area contributed by atoms with Gasteiger partial charge in [-0.2, -0.15) is 0 Å². The molecule has 1 aromatic heterocycles. The first-order chi connectivity index (χ1) is 8.73. The highest BCUT2D eigenvalue weighted by atomic mass is 16.2. The molecule has 1 aromatic carbocycles. The molecule has 0 spiro atoms. The topological polar surface area (TPSA) is 83.8 Å². The molecule has 18 heavy (non-hydrogen) atoms. The van der Waals surface area contributed by atoms with Crippen LogP contribution in [0.4, 0.5) is 0 Å². The van der Waals surface area contributed by atoms with Crippen LogP contribution in [0.1, 0.15) is 18.4 Å². The number of nitrogens with one attached hydrogen (secondary N) is 2. The van der Waals surface area contributed by atoms with Gasteiger partial charge in [-0.1, -0.05) is 6.07 Å². The van der Waals surface area contributed by atoms with Crippen molar-refractivity contribution < 1.29 is 4.79 Å². The number of carbonyl (C=O) groups excluding carboxylic acids is 1. The third kappa shape index (κ3) is 1.86. The zero-order chi connectivity index (χ0) is 12.6. The van der Waals surface area contributed by atoms with Gasteiger partial charge in [-0.3, -0.25) is 4.79 Å². The van der Waals surface area contributed by atoms with Crippen LogP contribution in [0.15, 0.2) is 24.5 Å². The van der Waals surface area contributed by atoms with Crippen molar-refractivity contribution in [2.24, 2.45) is 11.1 Å². The number of hydrogen-bond acceptors (Lipinski definition) is 3. The molecule has 1 aliphatic carbocycles. The molecule has 0 bridgehead atoms. The largest absolute Gasteiger partial charge is 0.352 e. The highest BCUT2D eigenvalue weighted by molar-refractivity contribution is 5.85. The van der Waals surface area contributed by atoms with E-state index >= 15 is 0 Å². The van der Waals surface area contributed by atoms with Gasteiger partial charge in [0, 0.05) is 13.1 Å². The molecule has 0 radical (unpaired) electrons. The van der Waals surface area contributed by atoms with Crippen LogP contribution in [0.2, 0.25) is 0 Å². The number of carbonyl (C=O) groups is 1. The second kappa shape index (κ2) is 4.10. The first-order valence-corrected chi connectivity index (χ1v) is 6.14. The quantitative estimate of drug-likeness (QED) is 0.747. The van der Waals surface area contributed by atoms with Crippen molar-refractivity contribution in [2.45, 2.75) is 19.4 Å². The second-order valence-electron chi connectivity index (χ2n) is 4.92. The zero-order valence-electron chi connectivity index (χ0n) is 10.1. The van der Waals surface area contributed by atoms with Gasteiger partial charge in [0.15, 0.2) is 0 Å². The second-order valence-corrected chi connectivity index (χ2v) is 4.92. The molecule has 2 aromatic rings. The van der Waals surface area contributed by atoms with Crippen LogP contribution in [0, 0.1) is 5.41 Å². The van der Waals surface area contributed by atoms with E-state index in [0.29, 0.717) is 13.1 Å². The summed E-state index contributed by atoms with van der Waals surface area (Å²) in [7, 11) is 0. The summed E-state index contributed by atoms with van der Waals surface area (Å²) in [6.07, 6.45) is 3.49. The minimum Gasteiger partial charge on any atom is -0.352 e. The van der Waals surface area contributed by atoms with E-state index in [2.05, 4.69) is 15.3 Å². The number of aromatic amines is 1. The number of H-pyrrole nitrogens is 1. The lowest BCUT2D eigenvalue weighted by molar-refractivity contribution is -0.126. The van der Waals surface area contributed by atoms with Crippen LogP contribution in [-0.4, -0.2) is 22.4 Å². The summed E-state index contributed by atoms with van der Waals surface area (Å²) in [5.74, 6) is 0.0784. The normalized spacial score (nSPS) is 16.7. The summed E-state index contributed by atoms with van der Waals surface area (Å²) in [6, 6.07) is 5.93. The highest BCUT2D eigenvalue weighted by Gasteiger charge is 2.48. The lowest BCUT2D eigenvalue weighted by Gasteiger charge is -2.12. The molecule has 5 heteroatoms. The minimum absolute atomic E-state index is 0.0784. The number of benzene rings is 1. The van der Waals surface area contributed by atoms with Gasteiger partial charge < -0.3 is 16.0 Å². The summed E-state index contributed by atoms with van der Waals surface area (Å²) in [4.78, 5) is 19.1. The Morgan fingerprint density at radius 3 is 3.06 bits per heavy atom. The van der Waals surface area contributed by atoms with E-state index in [1.54, 1.807) is 6.33 Å². The number of nitrogens with two attached hydrogens (primary N) is 1. The fourth-order valence-electron chi connectivity index (χ4n) is 2.14. The molecule has 1 saturated carbocycles. The van der Waals surface area contributed by atoms with Crippen LogP contribution in [0.3, 0.4) is 0 Å². The Morgan fingerprint density at radius 1 is 1.50 bits per heavy atom. The van der Waals surface area contributed by atoms with Crippen LogP contribution in [-0.2, 0) is 11.3 Å². The molecule has 0 atom stereocenters. The Hall–Kier alpha value is -1.88. The molecule has 1 amide bonds. The van der Waals surface area contributed by atoms with E-state index in [1.807, 2.05) is 18.2 Å². The van der Waals surface area contributed by atoms with Crippen LogP contribution < -0.4 is 11.1 Å². The van der Waals surface area contributed by atoms with E-state index in [-0.39, 0.29) is 11.3 Å². The number of amides is 1. The van der Waals surface area contributed by atoms with E-state index < -0.39 is 0 Å². The highest BCUT2D eigenvalue weighted by Crippen LogP contribution is 2.44. The molecular weight excluding hydrogens is 228 g/mol. The summed E-state index contributed by atoms with van der Waals surface area (Å²) in [5.41, 5.74) is 8.33. The van der Waals surface area contributed by atoms with Crippen molar-refractivity contribution in [3.63, 3.8) is 0 Å². The molecule has 4 N–H and O–H groups in total. The van der Waals surface area contributed by atoms with Crippen LogP contribution in [0.5, 0.6) is 0 Å². The number of nitrogens with zero attached hydrogens (tertiary/aromatic N) is 1. The van der Waals surface area contributed by atoms with Gasteiger partial charge >= 0.3 is 0 Å². The van der Waals surface area contributed by atoms with Crippen molar-refractivity contribution in [1.29, 1.82) is 0 Å². The SMILES string of the molecule is NCC1(C(=O)NCc2ccc3nc[nH]c3c2)CC1. The van der Waals surface area contributed by atoms with Gasteiger partial charge in [-0.15, -0.1) is 0 Å². The van der Waals surface area contributed by atoms with Crippen molar-refractivity contribution in [3.05, 3.63) is 30.1 Å². The maximum atomic E-state index is 11.9. The molecule has 94 valence electrons. The van der Waals surface area contributed by atoms with Gasteiger partial charge in [0.2, 0.25) is 5.91 Å². The fraction of sp³-hybridized carbons (Fsp3) is 0.385. The predicted octanol–water partition coefficient (Wildman–Crippen LogP) is 0.918. The molecular formula is C13H16N4O. The average Bonchev–Trinajstić information content (AvgIpc) is 3.07. The Balaban J connectivity index is 1.67. The lowest BCUT2D eigenvalue weighted by atomic mass is 10.1. The smallest absolute Gasteiger partial charge is 0.227 e. The average molecular weight is 244 g/mol. The summed E-state index contributed by atoms with van der Waals surface area (Å²) in [5, 5.41) is 2.96. The van der Waals surface area contributed by atoms with Gasteiger partial charge in [0.05, 0.1) is 22.8 Å². The van der Waals surface area contributed by atoms with Crippen molar-refractivity contribution >= 4 is 16.9 Å². The third-order valence-electron chi connectivity index (χ3n) is 3.66. The monoisotopic (exact) mass is 244 g/mol. The number of imidazole rings is 1. The van der Waals surface area contributed by atoms with E-state index in [1.165, 1.54) is 0 Å². The molecule has 0 saturated heterocycles. The van der Waals surface area contributed by atoms with Gasteiger partial charge in [0.1, 0.15) is 0 Å². The Kier molecular flexibility index (Phi) is 2.56. The standard InChI is InChI=1S/C13H16N4O/c14-7-13(3-4-13)12(18)15-6-9-1-2-10-11(5-9)17-8-16-10/h1-2,5,8H,3-4,6-7,14H2,(H,15,18)(H,16,17). The van der Waals surface area contributed by atoms with E-state index in [0.717, 1.165) is 29.4 Å². The van der Waals surface area contributed by atoms with E-state index in [9.17, 15) is 4.79 Å². The number of rotatable bonds is 4.